The van der Waals surface area contributed by atoms with Crippen molar-refractivity contribution in [2.24, 2.45) is 0 Å². The number of sulfonamides is 1. The molecule has 0 aromatic heterocycles. The monoisotopic (exact) mass is 282 g/mol. The quantitative estimate of drug-likeness (QED) is 0.567. The molecular formula is C11H23ClN2O2S. The third-order valence-corrected chi connectivity index (χ3v) is 4.88. The van der Waals surface area contributed by atoms with Crippen LogP contribution in [0.1, 0.15) is 32.6 Å². The van der Waals surface area contributed by atoms with Gasteiger partial charge in [-0.1, -0.05) is 6.92 Å². The van der Waals surface area contributed by atoms with Gasteiger partial charge in [0.05, 0.1) is 5.75 Å². The van der Waals surface area contributed by atoms with Crippen molar-refractivity contribution in [2.45, 2.75) is 38.6 Å². The van der Waals surface area contributed by atoms with Gasteiger partial charge in [-0.05, 0) is 38.8 Å². The number of likely N-dealkylation sites (N-methyl/N-ethyl adjacent to an activating group) is 1. The van der Waals surface area contributed by atoms with Crippen molar-refractivity contribution in [1.82, 2.24) is 9.62 Å². The molecule has 0 aliphatic carbocycles. The van der Waals surface area contributed by atoms with Crippen molar-refractivity contribution in [3.8, 4) is 0 Å². The molecule has 1 unspecified atom stereocenters. The van der Waals surface area contributed by atoms with Gasteiger partial charge in [-0.25, -0.2) is 13.1 Å². The molecule has 0 radical (unpaired) electrons. The molecule has 6 heteroatoms. The Balaban J connectivity index is 2.36. The van der Waals surface area contributed by atoms with Crippen molar-refractivity contribution in [1.29, 1.82) is 0 Å². The maximum Gasteiger partial charge on any atom is 0.211 e. The molecule has 1 rings (SSSR count). The smallest absolute Gasteiger partial charge is 0.211 e. The summed E-state index contributed by atoms with van der Waals surface area (Å²) in [6.07, 6.45) is 3.42. The van der Waals surface area contributed by atoms with E-state index in [-0.39, 0.29) is 11.8 Å². The molecule has 0 aromatic rings. The average Bonchev–Trinajstić information content (AvgIpc) is 2.29. The van der Waals surface area contributed by atoms with Crippen molar-refractivity contribution in [2.75, 3.05) is 31.3 Å². The fourth-order valence-electron chi connectivity index (χ4n) is 2.14. The molecule has 102 valence electrons. The lowest BCUT2D eigenvalue weighted by Gasteiger charge is -2.32. The summed E-state index contributed by atoms with van der Waals surface area (Å²) in [5, 5.41) is 0. The number of nitrogens with zero attached hydrogens (tertiary/aromatic N) is 1. The molecule has 0 spiro atoms. The van der Waals surface area contributed by atoms with Gasteiger partial charge in [0.25, 0.3) is 0 Å². The summed E-state index contributed by atoms with van der Waals surface area (Å²) in [5.41, 5.74) is 0. The Labute approximate surface area is 110 Å². The summed E-state index contributed by atoms with van der Waals surface area (Å²) in [6.45, 7) is 5.02. The van der Waals surface area contributed by atoms with E-state index in [1.165, 1.54) is 0 Å². The summed E-state index contributed by atoms with van der Waals surface area (Å²) in [4.78, 5) is 2.29. The van der Waals surface area contributed by atoms with E-state index in [2.05, 4.69) is 16.5 Å². The molecule has 1 saturated heterocycles. The van der Waals surface area contributed by atoms with Gasteiger partial charge >= 0.3 is 0 Å². The highest BCUT2D eigenvalue weighted by atomic mass is 35.5. The van der Waals surface area contributed by atoms with E-state index in [0.717, 1.165) is 38.9 Å². The maximum absolute atomic E-state index is 11.8. The number of unbranched alkanes of at least 4 members (excludes halogenated alkanes) is 1. The van der Waals surface area contributed by atoms with Crippen LogP contribution in [0.5, 0.6) is 0 Å². The summed E-state index contributed by atoms with van der Waals surface area (Å²) in [7, 11) is -3.12. The molecule has 0 bridgehead atoms. The Morgan fingerprint density at radius 2 is 2.18 bits per heavy atom. The molecule has 1 fully saturated rings. The molecule has 1 heterocycles. The van der Waals surface area contributed by atoms with Crippen LogP contribution in [0.2, 0.25) is 0 Å². The molecule has 1 N–H and O–H groups in total. The highest BCUT2D eigenvalue weighted by molar-refractivity contribution is 7.89. The minimum absolute atomic E-state index is 0.0877. The first-order chi connectivity index (χ1) is 8.07. The third-order valence-electron chi connectivity index (χ3n) is 3.10. The van der Waals surface area contributed by atoms with E-state index in [0.29, 0.717) is 12.3 Å². The zero-order valence-corrected chi connectivity index (χ0v) is 12.1. The molecule has 0 amide bonds. The number of rotatable bonds is 7. The summed E-state index contributed by atoms with van der Waals surface area (Å²) < 4.78 is 26.4. The number of hydrogen-bond donors (Lipinski definition) is 1. The van der Waals surface area contributed by atoms with Crippen LogP contribution in [0.3, 0.4) is 0 Å². The fraction of sp³-hybridized carbons (Fsp3) is 1.00. The second-order valence-corrected chi connectivity index (χ2v) is 6.82. The van der Waals surface area contributed by atoms with Gasteiger partial charge in [0.1, 0.15) is 0 Å². The van der Waals surface area contributed by atoms with E-state index >= 15 is 0 Å². The average molecular weight is 283 g/mol. The van der Waals surface area contributed by atoms with Crippen LogP contribution in [-0.4, -0.2) is 50.6 Å². The van der Waals surface area contributed by atoms with Gasteiger partial charge in [0.2, 0.25) is 10.0 Å². The van der Waals surface area contributed by atoms with E-state index in [1.807, 2.05) is 0 Å². The SMILES string of the molecule is CCN1CCCC(NS(=O)(=O)CCCCCl)C1. The first kappa shape index (κ1) is 15.2. The standard InChI is InChI=1S/C11H23ClN2O2S/c1-2-14-8-5-6-11(10-14)13-17(15,16)9-4-3-7-12/h11,13H,2-10H2,1H3. The molecule has 17 heavy (non-hydrogen) atoms. The maximum atomic E-state index is 11.8. The van der Waals surface area contributed by atoms with Crippen molar-refractivity contribution in [3.05, 3.63) is 0 Å². The predicted octanol–water partition coefficient (Wildman–Crippen LogP) is 1.41. The Morgan fingerprint density at radius 3 is 2.82 bits per heavy atom. The molecule has 0 saturated carbocycles. The lowest BCUT2D eigenvalue weighted by Crippen LogP contribution is -2.48. The van der Waals surface area contributed by atoms with Crippen LogP contribution in [0.15, 0.2) is 0 Å². The predicted molar refractivity (Wildman–Crippen MR) is 72.0 cm³/mol. The normalized spacial score (nSPS) is 22.8. The first-order valence-corrected chi connectivity index (χ1v) is 8.54. The Morgan fingerprint density at radius 1 is 1.41 bits per heavy atom. The summed E-state index contributed by atoms with van der Waals surface area (Å²) in [6, 6.07) is 0.0877. The van der Waals surface area contributed by atoms with E-state index in [1.54, 1.807) is 0 Å². The number of likely N-dealkylation sites (tertiary alicyclic amines) is 1. The van der Waals surface area contributed by atoms with Crippen molar-refractivity contribution >= 4 is 21.6 Å². The fourth-order valence-corrected chi connectivity index (χ4v) is 3.73. The number of halogens is 1. The molecular weight excluding hydrogens is 260 g/mol. The van der Waals surface area contributed by atoms with Crippen LogP contribution in [0.25, 0.3) is 0 Å². The van der Waals surface area contributed by atoms with Crippen LogP contribution >= 0.6 is 11.6 Å². The molecule has 4 nitrogen and oxygen atoms in total. The van der Waals surface area contributed by atoms with E-state index in [9.17, 15) is 8.42 Å². The lowest BCUT2D eigenvalue weighted by atomic mass is 10.1. The minimum Gasteiger partial charge on any atom is -0.302 e. The van der Waals surface area contributed by atoms with Gasteiger partial charge in [-0.15, -0.1) is 11.6 Å². The van der Waals surface area contributed by atoms with Gasteiger partial charge in [-0.2, -0.15) is 0 Å². The second kappa shape index (κ2) is 7.56. The highest BCUT2D eigenvalue weighted by Crippen LogP contribution is 2.11. The second-order valence-electron chi connectivity index (χ2n) is 4.57. The zero-order chi connectivity index (χ0) is 12.7. The molecule has 1 aliphatic rings. The lowest BCUT2D eigenvalue weighted by molar-refractivity contribution is 0.211. The first-order valence-electron chi connectivity index (χ1n) is 6.35. The highest BCUT2D eigenvalue weighted by Gasteiger charge is 2.22. The summed E-state index contributed by atoms with van der Waals surface area (Å²) in [5.74, 6) is 0.727. The largest absolute Gasteiger partial charge is 0.302 e. The van der Waals surface area contributed by atoms with Gasteiger partial charge in [-0.3, -0.25) is 0 Å². The summed E-state index contributed by atoms with van der Waals surface area (Å²) >= 11 is 5.54. The Hall–Kier alpha value is 0.160. The van der Waals surface area contributed by atoms with Crippen LogP contribution in [0.4, 0.5) is 0 Å². The van der Waals surface area contributed by atoms with Gasteiger partial charge in [0, 0.05) is 18.5 Å². The number of alkyl halides is 1. The van der Waals surface area contributed by atoms with Crippen LogP contribution < -0.4 is 4.72 Å². The number of hydrogen-bond acceptors (Lipinski definition) is 3. The molecule has 1 aliphatic heterocycles. The van der Waals surface area contributed by atoms with Gasteiger partial charge in [0.15, 0.2) is 0 Å². The topological polar surface area (TPSA) is 49.4 Å². The van der Waals surface area contributed by atoms with Crippen LogP contribution in [-0.2, 0) is 10.0 Å². The Kier molecular flexibility index (Phi) is 6.77. The van der Waals surface area contributed by atoms with Crippen molar-refractivity contribution in [3.63, 3.8) is 0 Å². The van der Waals surface area contributed by atoms with Crippen molar-refractivity contribution < 1.29 is 8.42 Å². The van der Waals surface area contributed by atoms with E-state index in [4.69, 9.17) is 11.6 Å². The number of piperidine rings is 1. The number of nitrogens with one attached hydrogen (secondary N) is 1. The van der Waals surface area contributed by atoms with Crippen LogP contribution in [0, 0.1) is 0 Å². The molecule has 1 atom stereocenters. The van der Waals surface area contributed by atoms with Gasteiger partial charge < -0.3 is 4.90 Å². The molecule has 0 aromatic carbocycles. The van der Waals surface area contributed by atoms with E-state index < -0.39 is 10.0 Å². The third kappa shape index (κ3) is 6.04. The zero-order valence-electron chi connectivity index (χ0n) is 10.5. The Bertz CT molecular complexity index is 309. The minimum atomic E-state index is -3.12.